The summed E-state index contributed by atoms with van der Waals surface area (Å²) in [5, 5.41) is 0. The summed E-state index contributed by atoms with van der Waals surface area (Å²) in [6, 6.07) is 5.01. The fourth-order valence-corrected chi connectivity index (χ4v) is 4.16. The van der Waals surface area contributed by atoms with Crippen molar-refractivity contribution in [3.8, 4) is 0 Å². The van der Waals surface area contributed by atoms with Gasteiger partial charge in [-0.2, -0.15) is 0 Å². The van der Waals surface area contributed by atoms with Gasteiger partial charge in [-0.05, 0) is 0 Å². The van der Waals surface area contributed by atoms with Gasteiger partial charge in [0, 0.05) is 0 Å². The molecule has 0 amide bonds. The van der Waals surface area contributed by atoms with Crippen molar-refractivity contribution in [2.24, 2.45) is 0 Å². The summed E-state index contributed by atoms with van der Waals surface area (Å²) in [6.45, 7) is 2.02. The summed E-state index contributed by atoms with van der Waals surface area (Å²) in [5.41, 5.74) is 1.65. The molecule has 1 aliphatic heterocycles. The monoisotopic (exact) mass is 454 g/mol. The van der Waals surface area contributed by atoms with E-state index in [4.69, 9.17) is 0 Å². The van der Waals surface area contributed by atoms with E-state index in [1.54, 1.807) is 6.07 Å². The fraction of sp³-hybridized carbons (Fsp3) is 0.533. The number of likely N-dealkylation sites (tertiary alicyclic amines) is 1. The molecular formula is C15H17FNOPb. The molecule has 3 rings (SSSR count). The Morgan fingerprint density at radius 2 is 2.00 bits per heavy atom. The third kappa shape index (κ3) is 2.77. The summed E-state index contributed by atoms with van der Waals surface area (Å²) in [5.74, 6) is 0.123. The summed E-state index contributed by atoms with van der Waals surface area (Å²) in [4.78, 5) is 14.6. The van der Waals surface area contributed by atoms with Crippen LogP contribution in [0.2, 0.25) is 3.48 Å². The molecule has 1 heterocycles. The number of piperidine rings is 1. The standard InChI is InChI=1S/C15H17FNO.Pb/c16-13-6-4-5-11-9-15(18)14(10-12(11)13)17-7-2-1-3-8-17;/h1,4-6,14H,2-3,7-10H2;. The van der Waals surface area contributed by atoms with Gasteiger partial charge in [0.2, 0.25) is 0 Å². The molecule has 3 radical (unpaired) electrons. The molecule has 1 aromatic rings. The van der Waals surface area contributed by atoms with E-state index in [0.717, 1.165) is 27.7 Å². The van der Waals surface area contributed by atoms with Gasteiger partial charge in [0.25, 0.3) is 0 Å². The van der Waals surface area contributed by atoms with Crippen molar-refractivity contribution in [1.29, 1.82) is 0 Å². The Hall–Kier alpha value is -0.298. The van der Waals surface area contributed by atoms with Gasteiger partial charge in [-0.25, -0.2) is 0 Å². The fourth-order valence-electron chi connectivity index (χ4n) is 3.15. The zero-order valence-corrected chi connectivity index (χ0v) is 14.8. The first-order valence-corrected chi connectivity index (χ1v) is 9.13. The Balaban J connectivity index is 1.81. The van der Waals surface area contributed by atoms with Crippen molar-refractivity contribution in [1.82, 2.24) is 4.90 Å². The molecule has 0 spiro atoms. The number of nitrogens with zero attached hydrogens (tertiary/aromatic N) is 1. The van der Waals surface area contributed by atoms with Crippen LogP contribution in [0, 0.1) is 5.82 Å². The van der Waals surface area contributed by atoms with Gasteiger partial charge in [-0.3, -0.25) is 0 Å². The average Bonchev–Trinajstić information content (AvgIpc) is 2.40. The molecule has 1 aromatic carbocycles. The number of hydrogen-bond donors (Lipinski definition) is 0. The predicted octanol–water partition coefficient (Wildman–Crippen LogP) is 1.91. The number of hydrogen-bond acceptors (Lipinski definition) is 2. The van der Waals surface area contributed by atoms with E-state index in [1.165, 1.54) is 44.7 Å². The van der Waals surface area contributed by atoms with Crippen molar-refractivity contribution in [3.05, 3.63) is 35.1 Å². The number of ketones is 1. The number of benzene rings is 1. The van der Waals surface area contributed by atoms with E-state index < -0.39 is 0 Å². The number of carbonyl (C=O) groups is 1. The molecule has 99 valence electrons. The molecule has 2 aliphatic rings. The van der Waals surface area contributed by atoms with Crippen LogP contribution in [0.15, 0.2) is 18.2 Å². The number of carbonyl (C=O) groups excluding carboxylic acids is 1. The first-order valence-electron chi connectivity index (χ1n) is 6.89. The Bertz CT molecular complexity index is 497. The summed E-state index contributed by atoms with van der Waals surface area (Å²) >= 11 is 1.25. The van der Waals surface area contributed by atoms with Crippen LogP contribution >= 0.6 is 0 Å². The van der Waals surface area contributed by atoms with Crippen LogP contribution in [0.5, 0.6) is 0 Å². The number of Topliss-reactive ketones (excluding diaryl/α,β-unsaturated/α-hetero) is 1. The Labute approximate surface area is 129 Å². The van der Waals surface area contributed by atoms with Crippen LogP contribution in [0.25, 0.3) is 0 Å². The molecule has 0 N–H and O–H groups in total. The zero-order valence-electron chi connectivity index (χ0n) is 10.9. The van der Waals surface area contributed by atoms with Crippen molar-refractivity contribution in [3.63, 3.8) is 0 Å². The quantitative estimate of drug-likeness (QED) is 0.606. The molecule has 1 aliphatic carbocycles. The molecule has 1 fully saturated rings. The second-order valence-electron chi connectivity index (χ2n) is 5.55. The second kappa shape index (κ2) is 5.60. The average molecular weight is 454 g/mol. The third-order valence-electron chi connectivity index (χ3n) is 4.32. The van der Waals surface area contributed by atoms with Crippen LogP contribution in [-0.2, 0) is 17.6 Å². The molecule has 2 nitrogen and oxygen atoms in total. The molecule has 1 saturated heterocycles. The van der Waals surface area contributed by atoms with Crippen LogP contribution in [0.4, 0.5) is 4.39 Å². The van der Waals surface area contributed by atoms with Crippen LogP contribution in [-0.4, -0.2) is 55.6 Å². The van der Waals surface area contributed by atoms with Gasteiger partial charge in [0.15, 0.2) is 0 Å². The Kier molecular flexibility index (Phi) is 4.03. The molecular weight excluding hydrogens is 436 g/mol. The maximum atomic E-state index is 13.9. The van der Waals surface area contributed by atoms with Crippen LogP contribution in [0.1, 0.15) is 24.0 Å². The number of halogens is 1. The maximum absolute atomic E-state index is 13.9. The van der Waals surface area contributed by atoms with Crippen LogP contribution in [0.3, 0.4) is 0 Å². The van der Waals surface area contributed by atoms with E-state index in [1.807, 2.05) is 6.07 Å². The molecule has 0 bridgehead atoms. The van der Waals surface area contributed by atoms with E-state index in [2.05, 4.69) is 4.90 Å². The normalized spacial score (nSPS) is 25.4. The minimum absolute atomic E-state index is 0.0847. The molecule has 0 saturated carbocycles. The number of rotatable bonds is 1. The van der Waals surface area contributed by atoms with E-state index >= 15 is 0 Å². The summed E-state index contributed by atoms with van der Waals surface area (Å²) in [6.07, 6.45) is 3.38. The van der Waals surface area contributed by atoms with E-state index in [9.17, 15) is 9.18 Å². The van der Waals surface area contributed by atoms with Gasteiger partial charge in [-0.1, -0.05) is 0 Å². The topological polar surface area (TPSA) is 20.3 Å². The number of fused-ring (bicyclic) bond motifs is 1. The molecule has 0 aromatic heterocycles. The van der Waals surface area contributed by atoms with Gasteiger partial charge >= 0.3 is 129 Å². The Morgan fingerprint density at radius 1 is 1.26 bits per heavy atom. The van der Waals surface area contributed by atoms with Gasteiger partial charge in [-0.15, -0.1) is 0 Å². The Morgan fingerprint density at radius 3 is 2.74 bits per heavy atom. The van der Waals surface area contributed by atoms with Gasteiger partial charge in [0.1, 0.15) is 0 Å². The molecule has 1 unspecified atom stereocenters. The first-order chi connectivity index (χ1) is 9.15. The van der Waals surface area contributed by atoms with Crippen molar-refractivity contribution < 1.29 is 9.18 Å². The molecule has 19 heavy (non-hydrogen) atoms. The zero-order chi connectivity index (χ0) is 13.4. The van der Waals surface area contributed by atoms with Gasteiger partial charge in [0.05, 0.1) is 0 Å². The van der Waals surface area contributed by atoms with Crippen molar-refractivity contribution in [2.45, 2.75) is 35.2 Å². The minimum atomic E-state index is -0.146. The van der Waals surface area contributed by atoms with Crippen molar-refractivity contribution in [2.75, 3.05) is 13.1 Å². The van der Waals surface area contributed by atoms with Crippen molar-refractivity contribution >= 4 is 31.6 Å². The summed E-state index contributed by atoms with van der Waals surface area (Å²) < 4.78 is 14.8. The first kappa shape index (κ1) is 13.7. The predicted molar refractivity (Wildman–Crippen MR) is 72.9 cm³/mol. The SMILES string of the molecule is O=C1Cc2cccc(F)c2CC1N1CC[CH]([Pb])CC1. The van der Waals surface area contributed by atoms with E-state index in [0.29, 0.717) is 12.8 Å². The molecule has 1 atom stereocenters. The van der Waals surface area contributed by atoms with Crippen LogP contribution < -0.4 is 0 Å². The third-order valence-corrected chi connectivity index (χ3v) is 6.56. The second-order valence-corrected chi connectivity index (χ2v) is 8.72. The van der Waals surface area contributed by atoms with Gasteiger partial charge < -0.3 is 0 Å². The van der Waals surface area contributed by atoms with E-state index in [-0.39, 0.29) is 17.6 Å². The summed E-state index contributed by atoms with van der Waals surface area (Å²) in [7, 11) is 0. The molecule has 4 heteroatoms.